The molecule has 2 aromatic carbocycles. The average molecular weight is 524 g/mol. The van der Waals surface area contributed by atoms with Crippen LogP contribution >= 0.6 is 11.5 Å². The number of nitrogens with one attached hydrogen (secondary N) is 1. The normalized spacial score (nSPS) is 14.7. The van der Waals surface area contributed by atoms with Gasteiger partial charge in [-0.2, -0.15) is 4.37 Å². The van der Waals surface area contributed by atoms with Gasteiger partial charge in [-0.05, 0) is 73.1 Å². The fraction of sp³-hybridized carbons (Fsp3) is 0.333. The van der Waals surface area contributed by atoms with Crippen LogP contribution in [0, 0.1) is 19.7 Å². The molecule has 1 saturated carbocycles. The Labute approximate surface area is 219 Å². The highest BCUT2D eigenvalue weighted by molar-refractivity contribution is 7.09. The minimum absolute atomic E-state index is 0.00714. The Hall–Kier alpha value is -3.79. The Morgan fingerprint density at radius 1 is 1.08 bits per heavy atom. The number of aromatic nitrogens is 1. The maximum absolute atomic E-state index is 14.2. The predicted molar refractivity (Wildman–Crippen MR) is 142 cm³/mol. The number of benzene rings is 2. The summed E-state index contributed by atoms with van der Waals surface area (Å²) in [4.78, 5) is 41.2. The molecular weight excluding hydrogens is 493 g/mol. The first-order valence-electron chi connectivity index (χ1n) is 12.2. The molecule has 0 bridgehead atoms. The number of hydrogen-bond donors (Lipinski definition) is 3. The van der Waals surface area contributed by atoms with Crippen molar-refractivity contribution in [3.05, 3.63) is 75.5 Å². The molecule has 0 radical (unpaired) electrons. The third-order valence-corrected chi connectivity index (χ3v) is 7.49. The van der Waals surface area contributed by atoms with Crippen molar-refractivity contribution < 1.29 is 18.8 Å². The number of hydrogen-bond acceptors (Lipinski definition) is 6. The number of anilines is 2. The number of amides is 3. The average Bonchev–Trinajstić information content (AvgIpc) is 3.26. The fourth-order valence-corrected chi connectivity index (χ4v) is 5.42. The van der Waals surface area contributed by atoms with Crippen molar-refractivity contribution in [2.75, 3.05) is 10.6 Å². The number of halogens is 1. The minimum Gasteiger partial charge on any atom is -0.395 e. The first-order chi connectivity index (χ1) is 17.7. The molecular formula is C27H30FN5O3S. The molecule has 1 aromatic heterocycles. The first-order valence-corrected chi connectivity index (χ1v) is 13.0. The third-order valence-electron chi connectivity index (χ3n) is 6.64. The number of aryl methyl sites for hydroxylation is 2. The molecule has 8 nitrogen and oxygen atoms in total. The van der Waals surface area contributed by atoms with Crippen molar-refractivity contribution >= 4 is 40.6 Å². The number of primary amides is 1. The summed E-state index contributed by atoms with van der Waals surface area (Å²) in [7, 11) is 0. The molecule has 0 unspecified atom stereocenters. The molecule has 1 aliphatic rings. The van der Waals surface area contributed by atoms with Gasteiger partial charge in [-0.15, -0.1) is 0 Å². The Bertz CT molecular complexity index is 1320. The number of nitrogens with two attached hydrogens (primary N) is 2. The first kappa shape index (κ1) is 26.3. The Balaban J connectivity index is 1.88. The van der Waals surface area contributed by atoms with E-state index in [-0.39, 0.29) is 28.2 Å². The van der Waals surface area contributed by atoms with Crippen LogP contribution < -0.4 is 21.7 Å². The smallest absolute Gasteiger partial charge is 0.273 e. The summed E-state index contributed by atoms with van der Waals surface area (Å²) in [5, 5.41) is 3.12. The zero-order valence-electron chi connectivity index (χ0n) is 20.8. The molecule has 3 amide bonds. The van der Waals surface area contributed by atoms with Crippen LogP contribution in [0.1, 0.15) is 75.0 Å². The molecule has 0 spiro atoms. The van der Waals surface area contributed by atoms with E-state index in [1.807, 2.05) is 32.0 Å². The van der Waals surface area contributed by atoms with Gasteiger partial charge in [0.2, 0.25) is 5.91 Å². The Morgan fingerprint density at radius 3 is 2.38 bits per heavy atom. The maximum Gasteiger partial charge on any atom is 0.273 e. The van der Waals surface area contributed by atoms with Crippen LogP contribution in [0.3, 0.4) is 0 Å². The summed E-state index contributed by atoms with van der Waals surface area (Å²) in [6, 6.07) is 9.93. The van der Waals surface area contributed by atoms with Crippen molar-refractivity contribution in [3.8, 4) is 0 Å². The van der Waals surface area contributed by atoms with E-state index >= 15 is 0 Å². The Kier molecular flexibility index (Phi) is 7.87. The van der Waals surface area contributed by atoms with E-state index < -0.39 is 23.7 Å². The second kappa shape index (κ2) is 11.1. The monoisotopic (exact) mass is 523 g/mol. The van der Waals surface area contributed by atoms with Crippen molar-refractivity contribution in [1.82, 2.24) is 9.69 Å². The highest BCUT2D eigenvalue weighted by atomic mass is 32.1. The van der Waals surface area contributed by atoms with Crippen molar-refractivity contribution in [2.24, 2.45) is 5.73 Å². The van der Waals surface area contributed by atoms with Gasteiger partial charge in [0.1, 0.15) is 16.7 Å². The SMILES string of the molecule is Cc1ccc(C)c(N(C(=O)c2snc(C(N)=O)c2N)[C@@H](C(=O)NC2CCCCC2)c2ccc(F)cc2)c1. The van der Waals surface area contributed by atoms with E-state index in [0.717, 1.165) is 54.8 Å². The third kappa shape index (κ3) is 5.64. The van der Waals surface area contributed by atoms with E-state index in [1.165, 1.54) is 29.2 Å². The number of carbonyl (C=O) groups excluding carboxylic acids is 3. The van der Waals surface area contributed by atoms with Crippen LogP contribution in [0.15, 0.2) is 42.5 Å². The fourth-order valence-electron chi connectivity index (χ4n) is 4.67. The molecule has 194 valence electrons. The van der Waals surface area contributed by atoms with Gasteiger partial charge in [-0.25, -0.2) is 4.39 Å². The maximum atomic E-state index is 14.2. The van der Waals surface area contributed by atoms with E-state index in [4.69, 9.17) is 11.5 Å². The van der Waals surface area contributed by atoms with Gasteiger partial charge >= 0.3 is 0 Å². The van der Waals surface area contributed by atoms with Gasteiger partial charge in [-0.3, -0.25) is 19.3 Å². The van der Waals surface area contributed by atoms with Gasteiger partial charge in [0, 0.05) is 11.7 Å². The van der Waals surface area contributed by atoms with Crippen LogP contribution in [0.2, 0.25) is 0 Å². The van der Waals surface area contributed by atoms with Gasteiger partial charge in [0.25, 0.3) is 11.8 Å². The summed E-state index contributed by atoms with van der Waals surface area (Å²) in [6.45, 7) is 3.72. The molecule has 0 saturated heterocycles. The molecule has 10 heteroatoms. The largest absolute Gasteiger partial charge is 0.395 e. The topological polar surface area (TPSA) is 131 Å². The van der Waals surface area contributed by atoms with Crippen LogP contribution in [-0.4, -0.2) is 28.1 Å². The van der Waals surface area contributed by atoms with Crippen molar-refractivity contribution in [2.45, 2.75) is 58.0 Å². The summed E-state index contributed by atoms with van der Waals surface area (Å²) in [5.74, 6) is -2.30. The lowest BCUT2D eigenvalue weighted by Gasteiger charge is -2.34. The lowest BCUT2D eigenvalue weighted by atomic mass is 9.94. The number of nitrogen functional groups attached to an aromatic ring is 1. The molecule has 3 aromatic rings. The second-order valence-electron chi connectivity index (χ2n) is 9.40. The van der Waals surface area contributed by atoms with Gasteiger partial charge < -0.3 is 16.8 Å². The molecule has 1 heterocycles. The summed E-state index contributed by atoms with van der Waals surface area (Å²) in [6.07, 6.45) is 4.85. The number of carbonyl (C=O) groups is 3. The lowest BCUT2D eigenvalue weighted by Crippen LogP contribution is -2.47. The van der Waals surface area contributed by atoms with E-state index in [1.54, 1.807) is 0 Å². The standard InChI is InChI=1S/C27H30FN5O3S/c1-15-8-9-16(2)20(14-15)33(27(36)24-21(29)22(25(30)34)32-37-24)23(17-10-12-18(28)13-11-17)26(35)31-19-6-4-3-5-7-19/h8-14,19,23H,3-7,29H2,1-2H3,(H2,30,34)(H,31,35)/t23-/m1/s1. The quantitative estimate of drug-likeness (QED) is 0.422. The molecule has 0 aliphatic heterocycles. The molecule has 4 rings (SSSR count). The highest BCUT2D eigenvalue weighted by Crippen LogP contribution is 2.35. The predicted octanol–water partition coefficient (Wildman–Crippen LogP) is 4.42. The van der Waals surface area contributed by atoms with Crippen LogP contribution in [-0.2, 0) is 4.79 Å². The van der Waals surface area contributed by atoms with Crippen LogP contribution in [0.4, 0.5) is 15.8 Å². The summed E-state index contributed by atoms with van der Waals surface area (Å²) in [5.41, 5.74) is 13.7. The van der Waals surface area contributed by atoms with Crippen molar-refractivity contribution in [1.29, 1.82) is 0 Å². The van der Waals surface area contributed by atoms with Gasteiger partial charge in [-0.1, -0.05) is 43.5 Å². The second-order valence-corrected chi connectivity index (χ2v) is 10.2. The summed E-state index contributed by atoms with van der Waals surface area (Å²) >= 11 is 0.749. The summed E-state index contributed by atoms with van der Waals surface area (Å²) < 4.78 is 17.9. The minimum atomic E-state index is -1.13. The van der Waals surface area contributed by atoms with Gasteiger partial charge in [0.15, 0.2) is 5.69 Å². The number of rotatable bonds is 7. The molecule has 5 N–H and O–H groups in total. The van der Waals surface area contributed by atoms with Gasteiger partial charge in [0.05, 0.1) is 5.69 Å². The molecule has 37 heavy (non-hydrogen) atoms. The zero-order chi connectivity index (χ0) is 26.7. The lowest BCUT2D eigenvalue weighted by molar-refractivity contribution is -0.123. The van der Waals surface area contributed by atoms with E-state index in [9.17, 15) is 18.8 Å². The van der Waals surface area contributed by atoms with Crippen molar-refractivity contribution in [3.63, 3.8) is 0 Å². The molecule has 1 aliphatic carbocycles. The van der Waals surface area contributed by atoms with Crippen LogP contribution in [0.25, 0.3) is 0 Å². The number of nitrogens with zero attached hydrogens (tertiary/aromatic N) is 2. The molecule has 1 fully saturated rings. The highest BCUT2D eigenvalue weighted by Gasteiger charge is 2.37. The van der Waals surface area contributed by atoms with Crippen LogP contribution in [0.5, 0.6) is 0 Å². The zero-order valence-corrected chi connectivity index (χ0v) is 21.6. The van der Waals surface area contributed by atoms with E-state index in [2.05, 4.69) is 9.69 Å². The van der Waals surface area contributed by atoms with E-state index in [0.29, 0.717) is 11.3 Å². The molecule has 1 atom stereocenters. The Morgan fingerprint density at radius 2 is 1.76 bits per heavy atom.